The number of likely N-dealkylation sites (tertiary alicyclic amines) is 1. The molecule has 1 rings (SSSR count). The Labute approximate surface area is 109 Å². The summed E-state index contributed by atoms with van der Waals surface area (Å²) < 4.78 is 0. The molecule has 0 aliphatic carbocycles. The molecule has 2 amide bonds. The number of nitrogens with zero attached hydrogens (tertiary/aromatic N) is 1. The van der Waals surface area contributed by atoms with E-state index in [0.717, 1.165) is 6.42 Å². The third kappa shape index (κ3) is 4.64. The molecule has 0 radical (unpaired) electrons. The topological polar surface area (TPSA) is 61.4 Å². The second kappa shape index (κ2) is 6.73. The van der Waals surface area contributed by atoms with Gasteiger partial charge in [0.1, 0.15) is 0 Å². The Morgan fingerprint density at radius 3 is 2.61 bits per heavy atom. The van der Waals surface area contributed by atoms with Crippen molar-refractivity contribution in [3.63, 3.8) is 0 Å². The highest BCUT2D eigenvalue weighted by Gasteiger charge is 2.32. The number of hydrogen-bond acceptors (Lipinski definition) is 3. The van der Waals surface area contributed by atoms with Gasteiger partial charge in [-0.25, -0.2) is 0 Å². The number of carbonyl (C=O) groups excluding carboxylic acids is 2. The molecule has 0 saturated carbocycles. The fraction of sp³-hybridized carbons (Fsp3) is 0.846. The average Bonchev–Trinajstić information content (AvgIpc) is 2.58. The first-order valence-electron chi connectivity index (χ1n) is 6.71. The van der Waals surface area contributed by atoms with Crippen molar-refractivity contribution in [2.24, 2.45) is 5.92 Å². The Balaban J connectivity index is 2.36. The van der Waals surface area contributed by atoms with Crippen LogP contribution in [0.1, 0.15) is 34.1 Å². The minimum absolute atomic E-state index is 0.0448. The third-order valence-electron chi connectivity index (χ3n) is 2.87. The lowest BCUT2D eigenvalue weighted by atomic mass is 10.2. The van der Waals surface area contributed by atoms with E-state index in [1.54, 1.807) is 4.90 Å². The molecule has 1 fully saturated rings. The van der Waals surface area contributed by atoms with Crippen molar-refractivity contribution in [1.29, 1.82) is 0 Å². The van der Waals surface area contributed by atoms with Gasteiger partial charge in [0.25, 0.3) is 0 Å². The zero-order valence-corrected chi connectivity index (χ0v) is 11.8. The molecular formula is C13H25N3O2. The maximum absolute atomic E-state index is 12.0. The van der Waals surface area contributed by atoms with Crippen LogP contribution in [0.2, 0.25) is 0 Å². The van der Waals surface area contributed by atoms with Crippen LogP contribution in [0.25, 0.3) is 0 Å². The van der Waals surface area contributed by atoms with Gasteiger partial charge in [0.05, 0.1) is 12.6 Å². The Hall–Kier alpha value is -1.10. The molecule has 0 bridgehead atoms. The molecule has 1 saturated heterocycles. The second-order valence-electron chi connectivity index (χ2n) is 5.62. The predicted molar refractivity (Wildman–Crippen MR) is 71.1 cm³/mol. The lowest BCUT2D eigenvalue weighted by molar-refractivity contribution is -0.134. The van der Waals surface area contributed by atoms with E-state index in [9.17, 15) is 9.59 Å². The summed E-state index contributed by atoms with van der Waals surface area (Å²) in [4.78, 5) is 25.3. The van der Waals surface area contributed by atoms with Crippen molar-refractivity contribution in [2.75, 3.05) is 19.6 Å². The van der Waals surface area contributed by atoms with Crippen molar-refractivity contribution in [2.45, 2.75) is 46.2 Å². The summed E-state index contributed by atoms with van der Waals surface area (Å²) in [6.07, 6.45) is 0.786. The summed E-state index contributed by atoms with van der Waals surface area (Å²) in [7, 11) is 0. The van der Waals surface area contributed by atoms with Gasteiger partial charge >= 0.3 is 0 Å². The number of amides is 2. The molecule has 1 unspecified atom stereocenters. The van der Waals surface area contributed by atoms with Crippen LogP contribution in [0.15, 0.2) is 0 Å². The largest absolute Gasteiger partial charge is 0.354 e. The first-order chi connectivity index (χ1) is 8.40. The maximum Gasteiger partial charge on any atom is 0.240 e. The smallest absolute Gasteiger partial charge is 0.240 e. The summed E-state index contributed by atoms with van der Waals surface area (Å²) in [5.41, 5.74) is 0. The number of rotatable bonds is 6. The van der Waals surface area contributed by atoms with Crippen molar-refractivity contribution >= 4 is 11.8 Å². The summed E-state index contributed by atoms with van der Waals surface area (Å²) in [6.45, 7) is 9.64. The summed E-state index contributed by atoms with van der Waals surface area (Å²) >= 11 is 0. The molecule has 0 spiro atoms. The van der Waals surface area contributed by atoms with Crippen molar-refractivity contribution in [1.82, 2.24) is 15.5 Å². The first-order valence-corrected chi connectivity index (χ1v) is 6.71. The molecule has 1 aliphatic rings. The summed E-state index contributed by atoms with van der Waals surface area (Å²) in [5, 5.41) is 6.05. The molecule has 5 nitrogen and oxygen atoms in total. The highest BCUT2D eigenvalue weighted by molar-refractivity contribution is 5.89. The molecule has 0 aromatic carbocycles. The molecule has 1 aliphatic heterocycles. The monoisotopic (exact) mass is 255 g/mol. The van der Waals surface area contributed by atoms with Crippen LogP contribution >= 0.6 is 0 Å². The van der Waals surface area contributed by atoms with E-state index in [2.05, 4.69) is 10.6 Å². The van der Waals surface area contributed by atoms with Crippen LogP contribution in [0, 0.1) is 5.92 Å². The zero-order chi connectivity index (χ0) is 13.7. The van der Waals surface area contributed by atoms with E-state index in [1.165, 1.54) is 0 Å². The van der Waals surface area contributed by atoms with Crippen LogP contribution in [0.4, 0.5) is 0 Å². The highest BCUT2D eigenvalue weighted by Crippen LogP contribution is 2.11. The van der Waals surface area contributed by atoms with Gasteiger partial charge in [-0.05, 0) is 12.3 Å². The molecule has 0 aromatic heterocycles. The van der Waals surface area contributed by atoms with Gasteiger partial charge in [-0.2, -0.15) is 0 Å². The second-order valence-corrected chi connectivity index (χ2v) is 5.62. The van der Waals surface area contributed by atoms with E-state index in [0.29, 0.717) is 19.0 Å². The Bertz CT molecular complexity index is 303. The molecule has 2 N–H and O–H groups in total. The molecular weight excluding hydrogens is 230 g/mol. The van der Waals surface area contributed by atoms with E-state index < -0.39 is 0 Å². The van der Waals surface area contributed by atoms with Crippen molar-refractivity contribution in [3.8, 4) is 0 Å². The fourth-order valence-corrected chi connectivity index (χ4v) is 2.00. The van der Waals surface area contributed by atoms with E-state index in [-0.39, 0.29) is 30.4 Å². The molecule has 5 heteroatoms. The lowest BCUT2D eigenvalue weighted by Gasteiger charge is -2.18. The van der Waals surface area contributed by atoms with Crippen LogP contribution in [0.5, 0.6) is 0 Å². The van der Waals surface area contributed by atoms with Gasteiger partial charge < -0.3 is 15.5 Å². The standard InChI is InChI=1S/C13H25N3O2/c1-9(2)7-14-12(17)8-16-6-5-11(13(16)18)15-10(3)4/h9-11,15H,5-8H2,1-4H3,(H,14,17). The van der Waals surface area contributed by atoms with E-state index in [4.69, 9.17) is 0 Å². The van der Waals surface area contributed by atoms with Crippen LogP contribution in [-0.2, 0) is 9.59 Å². The van der Waals surface area contributed by atoms with Gasteiger partial charge in [-0.15, -0.1) is 0 Å². The highest BCUT2D eigenvalue weighted by atomic mass is 16.2. The van der Waals surface area contributed by atoms with Crippen LogP contribution in [0.3, 0.4) is 0 Å². The van der Waals surface area contributed by atoms with E-state index in [1.807, 2.05) is 27.7 Å². The SMILES string of the molecule is CC(C)CNC(=O)CN1CCC(NC(C)C)C1=O. The van der Waals surface area contributed by atoms with Gasteiger partial charge in [0.2, 0.25) is 11.8 Å². The lowest BCUT2D eigenvalue weighted by Crippen LogP contribution is -2.44. The van der Waals surface area contributed by atoms with Crippen molar-refractivity contribution < 1.29 is 9.59 Å². The van der Waals surface area contributed by atoms with Crippen LogP contribution < -0.4 is 10.6 Å². The molecule has 1 atom stereocenters. The Morgan fingerprint density at radius 2 is 2.06 bits per heavy atom. The zero-order valence-electron chi connectivity index (χ0n) is 11.8. The first kappa shape index (κ1) is 15.0. The molecule has 18 heavy (non-hydrogen) atoms. The maximum atomic E-state index is 12.0. The van der Waals surface area contributed by atoms with Gasteiger partial charge in [0, 0.05) is 19.1 Å². The summed E-state index contributed by atoms with van der Waals surface area (Å²) in [6, 6.07) is 0.163. The minimum Gasteiger partial charge on any atom is -0.354 e. The number of hydrogen-bond donors (Lipinski definition) is 2. The molecule has 0 aromatic rings. The van der Waals surface area contributed by atoms with Gasteiger partial charge in [-0.1, -0.05) is 27.7 Å². The minimum atomic E-state index is -0.122. The quantitative estimate of drug-likeness (QED) is 0.720. The van der Waals surface area contributed by atoms with Crippen molar-refractivity contribution in [3.05, 3.63) is 0 Å². The normalized spacial score (nSPS) is 20.0. The summed E-state index contributed by atoms with van der Waals surface area (Å²) in [5.74, 6) is 0.407. The van der Waals surface area contributed by atoms with Gasteiger partial charge in [-0.3, -0.25) is 9.59 Å². The average molecular weight is 255 g/mol. The number of nitrogens with one attached hydrogen (secondary N) is 2. The van der Waals surface area contributed by atoms with E-state index >= 15 is 0 Å². The third-order valence-corrected chi connectivity index (χ3v) is 2.87. The number of carbonyl (C=O) groups is 2. The predicted octanol–water partition coefficient (Wildman–Crippen LogP) is 0.358. The Kier molecular flexibility index (Phi) is 5.59. The van der Waals surface area contributed by atoms with Crippen LogP contribution in [-0.4, -0.2) is 48.4 Å². The molecule has 1 heterocycles. The van der Waals surface area contributed by atoms with Gasteiger partial charge in [0.15, 0.2) is 0 Å². The molecule has 104 valence electrons. The Morgan fingerprint density at radius 1 is 1.39 bits per heavy atom. The fourth-order valence-electron chi connectivity index (χ4n) is 2.00.